The minimum Gasteiger partial charge on any atom is -0.308 e. The predicted molar refractivity (Wildman–Crippen MR) is 91.8 cm³/mol. The molecule has 0 amide bonds. The molecule has 22 heavy (non-hydrogen) atoms. The van der Waals surface area contributed by atoms with Gasteiger partial charge >= 0.3 is 0 Å². The number of thiophene rings is 1. The van der Waals surface area contributed by atoms with Crippen molar-refractivity contribution in [1.29, 1.82) is 5.26 Å². The van der Waals surface area contributed by atoms with E-state index >= 15 is 0 Å². The molecule has 3 atom stereocenters. The number of piperidine rings is 1. The molecule has 0 saturated carbocycles. The molecule has 0 aromatic carbocycles. The molecule has 0 aliphatic carbocycles. The van der Waals surface area contributed by atoms with Crippen LogP contribution in [-0.2, 0) is 0 Å². The molecule has 2 saturated heterocycles. The third kappa shape index (κ3) is 3.71. The summed E-state index contributed by atoms with van der Waals surface area (Å²) in [5.74, 6) is 0.913. The van der Waals surface area contributed by atoms with Gasteiger partial charge < -0.3 is 5.32 Å². The third-order valence-electron chi connectivity index (χ3n) is 5.31. The highest BCUT2D eigenvalue weighted by molar-refractivity contribution is 7.10. The fraction of sp³-hybridized carbons (Fsp3) is 0.722. The van der Waals surface area contributed by atoms with Gasteiger partial charge in [-0.05, 0) is 49.5 Å². The van der Waals surface area contributed by atoms with Crippen LogP contribution in [0.4, 0.5) is 0 Å². The molecule has 3 nitrogen and oxygen atoms in total. The van der Waals surface area contributed by atoms with Gasteiger partial charge in [0.05, 0.1) is 6.07 Å². The largest absolute Gasteiger partial charge is 0.308 e. The summed E-state index contributed by atoms with van der Waals surface area (Å²) in [6.45, 7) is 4.41. The number of hydrogen-bond acceptors (Lipinski definition) is 4. The Morgan fingerprint density at radius 1 is 1.41 bits per heavy atom. The summed E-state index contributed by atoms with van der Waals surface area (Å²) in [6.07, 6.45) is 7.34. The number of fused-ring (bicyclic) bond motifs is 2. The fourth-order valence-electron chi connectivity index (χ4n) is 4.33. The van der Waals surface area contributed by atoms with Gasteiger partial charge in [-0.15, -0.1) is 11.3 Å². The van der Waals surface area contributed by atoms with Crippen LogP contribution < -0.4 is 5.32 Å². The Morgan fingerprint density at radius 3 is 2.82 bits per heavy atom. The first-order valence-corrected chi connectivity index (χ1v) is 9.55. The van der Waals surface area contributed by atoms with Gasteiger partial charge in [0.2, 0.25) is 0 Å². The summed E-state index contributed by atoms with van der Waals surface area (Å²) < 4.78 is 0. The molecule has 2 fully saturated rings. The molecule has 0 spiro atoms. The van der Waals surface area contributed by atoms with Crippen LogP contribution in [0.3, 0.4) is 0 Å². The first kappa shape index (κ1) is 16.0. The summed E-state index contributed by atoms with van der Waals surface area (Å²) in [7, 11) is 0. The van der Waals surface area contributed by atoms with E-state index in [0.29, 0.717) is 12.5 Å². The second-order valence-corrected chi connectivity index (χ2v) is 7.90. The van der Waals surface area contributed by atoms with Crippen molar-refractivity contribution in [3.8, 4) is 6.07 Å². The zero-order valence-electron chi connectivity index (χ0n) is 13.5. The smallest absolute Gasteiger partial charge is 0.0635 e. The van der Waals surface area contributed by atoms with E-state index in [-0.39, 0.29) is 0 Å². The van der Waals surface area contributed by atoms with Crippen molar-refractivity contribution < 1.29 is 0 Å². The SMILES string of the molecule is CC1CC2CCC(C1)N2CC[C@H](NCCC#N)c1cccs1. The topological polar surface area (TPSA) is 39.1 Å². The highest BCUT2D eigenvalue weighted by Gasteiger charge is 2.38. The summed E-state index contributed by atoms with van der Waals surface area (Å²) in [6, 6.07) is 8.66. The molecule has 2 aliphatic heterocycles. The van der Waals surface area contributed by atoms with Crippen molar-refractivity contribution in [2.75, 3.05) is 13.1 Å². The highest BCUT2D eigenvalue weighted by atomic mass is 32.1. The maximum atomic E-state index is 8.75. The van der Waals surface area contributed by atoms with E-state index in [9.17, 15) is 0 Å². The lowest BCUT2D eigenvalue weighted by Gasteiger charge is -2.38. The van der Waals surface area contributed by atoms with Crippen molar-refractivity contribution in [3.63, 3.8) is 0 Å². The van der Waals surface area contributed by atoms with Crippen LogP contribution in [0.1, 0.15) is 56.4 Å². The van der Waals surface area contributed by atoms with Gasteiger partial charge in [-0.1, -0.05) is 13.0 Å². The van der Waals surface area contributed by atoms with Crippen molar-refractivity contribution >= 4 is 11.3 Å². The van der Waals surface area contributed by atoms with E-state index in [1.54, 1.807) is 0 Å². The Bertz CT molecular complexity index is 479. The van der Waals surface area contributed by atoms with E-state index < -0.39 is 0 Å². The van der Waals surface area contributed by atoms with Crippen LogP contribution in [0.2, 0.25) is 0 Å². The summed E-state index contributed by atoms with van der Waals surface area (Å²) in [5, 5.41) is 14.5. The van der Waals surface area contributed by atoms with Crippen molar-refractivity contribution in [2.24, 2.45) is 5.92 Å². The van der Waals surface area contributed by atoms with Gasteiger partial charge in [-0.25, -0.2) is 0 Å². The Labute approximate surface area is 138 Å². The molecule has 3 heterocycles. The fourth-order valence-corrected chi connectivity index (χ4v) is 5.16. The van der Waals surface area contributed by atoms with Crippen molar-refractivity contribution in [3.05, 3.63) is 22.4 Å². The van der Waals surface area contributed by atoms with E-state index in [1.807, 2.05) is 11.3 Å². The second-order valence-electron chi connectivity index (χ2n) is 6.92. The van der Waals surface area contributed by atoms with Crippen LogP contribution in [-0.4, -0.2) is 30.1 Å². The Kier molecular flexibility index (Phi) is 5.51. The molecule has 1 aromatic heterocycles. The van der Waals surface area contributed by atoms with Gasteiger partial charge in [-0.3, -0.25) is 4.90 Å². The summed E-state index contributed by atoms with van der Waals surface area (Å²) in [5.41, 5.74) is 0. The average molecular weight is 318 g/mol. The molecule has 4 heteroatoms. The molecule has 2 aliphatic rings. The molecular weight excluding hydrogens is 290 g/mol. The Morgan fingerprint density at radius 2 is 2.18 bits per heavy atom. The normalized spacial score (nSPS) is 29.4. The zero-order chi connectivity index (χ0) is 15.4. The third-order valence-corrected chi connectivity index (χ3v) is 6.30. The van der Waals surface area contributed by atoms with E-state index in [2.05, 4.69) is 40.7 Å². The van der Waals surface area contributed by atoms with Crippen LogP contribution in [0.5, 0.6) is 0 Å². The van der Waals surface area contributed by atoms with Crippen LogP contribution in [0.25, 0.3) is 0 Å². The van der Waals surface area contributed by atoms with Crippen LogP contribution in [0, 0.1) is 17.2 Å². The number of nitrogens with zero attached hydrogens (tertiary/aromatic N) is 2. The number of nitriles is 1. The highest BCUT2D eigenvalue weighted by Crippen LogP contribution is 2.39. The summed E-state index contributed by atoms with van der Waals surface area (Å²) in [4.78, 5) is 4.20. The van der Waals surface area contributed by atoms with Gasteiger partial charge in [0.25, 0.3) is 0 Å². The lowest BCUT2D eigenvalue weighted by Crippen LogP contribution is -2.43. The van der Waals surface area contributed by atoms with Gasteiger partial charge in [0, 0.05) is 42.5 Å². The Balaban J connectivity index is 1.56. The maximum absolute atomic E-state index is 8.75. The summed E-state index contributed by atoms with van der Waals surface area (Å²) >= 11 is 1.83. The molecule has 2 unspecified atom stereocenters. The van der Waals surface area contributed by atoms with Crippen molar-refractivity contribution in [2.45, 2.75) is 63.6 Å². The van der Waals surface area contributed by atoms with E-state index in [4.69, 9.17) is 5.26 Å². The molecular formula is C18H27N3S. The van der Waals surface area contributed by atoms with E-state index in [1.165, 1.54) is 37.1 Å². The first-order valence-electron chi connectivity index (χ1n) is 8.67. The number of rotatable bonds is 7. The van der Waals surface area contributed by atoms with Gasteiger partial charge in [0.15, 0.2) is 0 Å². The monoisotopic (exact) mass is 317 g/mol. The average Bonchev–Trinajstić information content (AvgIpc) is 3.11. The molecule has 1 N–H and O–H groups in total. The van der Waals surface area contributed by atoms with Crippen LogP contribution >= 0.6 is 11.3 Å². The first-order chi connectivity index (χ1) is 10.8. The van der Waals surface area contributed by atoms with Crippen LogP contribution in [0.15, 0.2) is 17.5 Å². The second kappa shape index (κ2) is 7.59. The standard InChI is InChI=1S/C18H27N3S/c1-14-12-15-5-6-16(13-14)21(15)10-7-17(20-9-3-8-19)18-4-2-11-22-18/h2,4,11,14-17,20H,3,5-7,9-10,12-13H2,1H3/t14?,15?,16?,17-/m0/s1. The molecule has 2 bridgehead atoms. The minimum absolute atomic E-state index is 0.409. The number of hydrogen-bond donors (Lipinski definition) is 1. The van der Waals surface area contributed by atoms with Gasteiger partial charge in [0.1, 0.15) is 0 Å². The lowest BCUT2D eigenvalue weighted by atomic mass is 9.92. The molecule has 0 radical (unpaired) electrons. The van der Waals surface area contributed by atoms with Gasteiger partial charge in [-0.2, -0.15) is 5.26 Å². The zero-order valence-corrected chi connectivity index (χ0v) is 14.3. The lowest BCUT2D eigenvalue weighted by molar-refractivity contribution is 0.105. The molecule has 3 rings (SSSR count). The molecule has 120 valence electrons. The molecule has 1 aromatic rings. The minimum atomic E-state index is 0.409. The van der Waals surface area contributed by atoms with Crippen molar-refractivity contribution in [1.82, 2.24) is 10.2 Å². The predicted octanol–water partition coefficient (Wildman–Crippen LogP) is 3.95. The Hall–Kier alpha value is -0.890. The maximum Gasteiger partial charge on any atom is 0.0635 e. The van der Waals surface area contributed by atoms with E-state index in [0.717, 1.165) is 31.0 Å². The number of nitrogens with one attached hydrogen (secondary N) is 1. The quantitative estimate of drug-likeness (QED) is 0.774.